The van der Waals surface area contributed by atoms with Crippen LogP contribution in [0, 0.1) is 6.92 Å². The highest BCUT2D eigenvalue weighted by atomic mass is 16.5. The van der Waals surface area contributed by atoms with Crippen molar-refractivity contribution in [2.75, 3.05) is 13.7 Å². The second kappa shape index (κ2) is 6.28. The van der Waals surface area contributed by atoms with E-state index in [2.05, 4.69) is 9.97 Å². The summed E-state index contributed by atoms with van der Waals surface area (Å²) in [5.74, 6) is 1.32. The Kier molecular flexibility index (Phi) is 4.32. The Labute approximate surface area is 141 Å². The summed E-state index contributed by atoms with van der Waals surface area (Å²) in [6.07, 6.45) is 3.18. The van der Waals surface area contributed by atoms with E-state index in [4.69, 9.17) is 4.74 Å². The van der Waals surface area contributed by atoms with Gasteiger partial charge in [0, 0.05) is 6.54 Å². The number of imidazole rings is 1. The number of aliphatic hydroxyl groups is 1. The Bertz CT molecular complexity index is 721. The number of nitrogens with zero attached hydrogens (tertiary/aromatic N) is 2. The third-order valence-corrected chi connectivity index (χ3v) is 4.77. The van der Waals surface area contributed by atoms with Crippen molar-refractivity contribution >= 4 is 5.91 Å². The molecule has 1 aromatic carbocycles. The minimum Gasteiger partial charge on any atom is -0.497 e. The second-order valence-corrected chi connectivity index (χ2v) is 6.41. The molecular formula is C18H23N3O3. The molecule has 128 valence electrons. The largest absolute Gasteiger partial charge is 0.497 e. The van der Waals surface area contributed by atoms with Gasteiger partial charge in [0.15, 0.2) is 0 Å². The third kappa shape index (κ3) is 2.89. The van der Waals surface area contributed by atoms with Crippen molar-refractivity contribution in [3.05, 3.63) is 47.5 Å². The van der Waals surface area contributed by atoms with E-state index in [1.54, 1.807) is 25.1 Å². The number of amides is 1. The van der Waals surface area contributed by atoms with Crippen molar-refractivity contribution < 1.29 is 14.6 Å². The number of carbonyl (C=O) groups excluding carboxylic acids is 1. The SMILES string of the molecule is COc1ccc([C@](C)(O)[C@@H]2CCCN2C(=O)c2cnc(C)[nH]2)cc1. The van der Waals surface area contributed by atoms with Crippen LogP contribution in [-0.4, -0.2) is 45.6 Å². The Morgan fingerprint density at radius 3 is 2.71 bits per heavy atom. The van der Waals surface area contributed by atoms with Crippen LogP contribution in [0.2, 0.25) is 0 Å². The van der Waals surface area contributed by atoms with Crippen LogP contribution in [0.3, 0.4) is 0 Å². The summed E-state index contributed by atoms with van der Waals surface area (Å²) in [6, 6.07) is 7.06. The van der Waals surface area contributed by atoms with Crippen LogP contribution >= 0.6 is 0 Å². The smallest absolute Gasteiger partial charge is 0.272 e. The average molecular weight is 329 g/mol. The van der Waals surface area contributed by atoms with Crippen molar-refractivity contribution in [1.29, 1.82) is 0 Å². The Morgan fingerprint density at radius 2 is 2.12 bits per heavy atom. The van der Waals surface area contributed by atoms with Crippen LogP contribution in [-0.2, 0) is 5.60 Å². The highest BCUT2D eigenvalue weighted by Crippen LogP contribution is 2.35. The summed E-state index contributed by atoms with van der Waals surface area (Å²) < 4.78 is 5.17. The lowest BCUT2D eigenvalue weighted by atomic mass is 9.86. The number of hydrogen-bond donors (Lipinski definition) is 2. The Hall–Kier alpha value is -2.34. The van der Waals surface area contributed by atoms with Crippen molar-refractivity contribution in [2.45, 2.75) is 38.3 Å². The number of aromatic amines is 1. The number of carbonyl (C=O) groups is 1. The highest BCUT2D eigenvalue weighted by Gasteiger charge is 2.43. The fourth-order valence-corrected chi connectivity index (χ4v) is 3.40. The van der Waals surface area contributed by atoms with Crippen molar-refractivity contribution in [2.24, 2.45) is 0 Å². The predicted molar refractivity (Wildman–Crippen MR) is 89.9 cm³/mol. The quantitative estimate of drug-likeness (QED) is 0.902. The zero-order chi connectivity index (χ0) is 17.3. The summed E-state index contributed by atoms with van der Waals surface area (Å²) in [5, 5.41) is 11.2. The average Bonchev–Trinajstić information content (AvgIpc) is 3.23. The van der Waals surface area contributed by atoms with Crippen LogP contribution in [0.5, 0.6) is 5.75 Å². The van der Waals surface area contributed by atoms with E-state index < -0.39 is 5.60 Å². The van der Waals surface area contributed by atoms with Gasteiger partial charge in [0.05, 0.1) is 19.3 Å². The minimum atomic E-state index is -1.13. The van der Waals surface area contributed by atoms with Gasteiger partial charge in [-0.25, -0.2) is 4.98 Å². The molecule has 1 aliphatic rings. The maximum atomic E-state index is 12.8. The first-order chi connectivity index (χ1) is 11.4. The van der Waals surface area contributed by atoms with Crippen molar-refractivity contribution in [3.8, 4) is 5.75 Å². The van der Waals surface area contributed by atoms with E-state index in [1.165, 1.54) is 0 Å². The number of methoxy groups -OCH3 is 1. The Morgan fingerprint density at radius 1 is 1.42 bits per heavy atom. The molecule has 0 aliphatic carbocycles. The molecule has 6 nitrogen and oxygen atoms in total. The first kappa shape index (κ1) is 16.5. The highest BCUT2D eigenvalue weighted by molar-refractivity contribution is 5.92. The number of hydrogen-bond acceptors (Lipinski definition) is 4. The van der Waals surface area contributed by atoms with Crippen LogP contribution in [0.4, 0.5) is 0 Å². The number of rotatable bonds is 4. The van der Waals surface area contributed by atoms with Gasteiger partial charge in [0.25, 0.3) is 5.91 Å². The molecule has 0 bridgehead atoms. The molecule has 1 aromatic heterocycles. The molecule has 2 atom stereocenters. The minimum absolute atomic E-state index is 0.119. The summed E-state index contributed by atoms with van der Waals surface area (Å²) in [5.41, 5.74) is 0.103. The molecular weight excluding hydrogens is 306 g/mol. The fourth-order valence-electron chi connectivity index (χ4n) is 3.40. The molecule has 1 saturated heterocycles. The van der Waals surface area contributed by atoms with Gasteiger partial charge in [0.2, 0.25) is 0 Å². The maximum Gasteiger partial charge on any atom is 0.272 e. The molecule has 2 aromatic rings. The number of H-pyrrole nitrogens is 1. The van der Waals surface area contributed by atoms with E-state index in [-0.39, 0.29) is 11.9 Å². The molecule has 0 saturated carbocycles. The van der Waals surface area contributed by atoms with Gasteiger partial charge >= 0.3 is 0 Å². The summed E-state index contributed by atoms with van der Waals surface area (Å²) in [4.78, 5) is 21.6. The zero-order valence-corrected chi connectivity index (χ0v) is 14.2. The number of nitrogens with one attached hydrogen (secondary N) is 1. The molecule has 0 unspecified atom stereocenters. The third-order valence-electron chi connectivity index (χ3n) is 4.77. The number of aromatic nitrogens is 2. The van der Waals surface area contributed by atoms with Crippen LogP contribution in [0.25, 0.3) is 0 Å². The standard InChI is InChI=1S/C18H23N3O3/c1-12-19-11-15(20-12)17(22)21-10-4-5-16(21)18(2,23)13-6-8-14(24-3)9-7-13/h6-9,11,16,23H,4-5,10H2,1-3H3,(H,19,20)/t16-,18-/m0/s1. The van der Waals surface area contributed by atoms with E-state index >= 15 is 0 Å². The summed E-state index contributed by atoms with van der Waals surface area (Å²) >= 11 is 0. The second-order valence-electron chi connectivity index (χ2n) is 6.41. The fraction of sp³-hybridized carbons (Fsp3) is 0.444. The number of benzene rings is 1. The summed E-state index contributed by atoms with van der Waals surface area (Å²) in [7, 11) is 1.61. The maximum absolute atomic E-state index is 12.8. The zero-order valence-electron chi connectivity index (χ0n) is 14.2. The molecule has 2 heterocycles. The van der Waals surface area contributed by atoms with Crippen molar-refractivity contribution in [1.82, 2.24) is 14.9 Å². The molecule has 6 heteroatoms. The first-order valence-corrected chi connectivity index (χ1v) is 8.13. The normalized spacial score (nSPS) is 20.0. The first-order valence-electron chi connectivity index (χ1n) is 8.13. The van der Waals surface area contributed by atoms with Gasteiger partial charge in [-0.1, -0.05) is 12.1 Å². The van der Waals surface area contributed by atoms with Crippen LogP contribution in [0.1, 0.15) is 41.6 Å². The molecule has 0 radical (unpaired) electrons. The molecule has 1 amide bonds. The van der Waals surface area contributed by atoms with E-state index in [9.17, 15) is 9.90 Å². The lowest BCUT2D eigenvalue weighted by molar-refractivity contribution is -0.0179. The monoisotopic (exact) mass is 329 g/mol. The van der Waals surface area contributed by atoms with Crippen molar-refractivity contribution in [3.63, 3.8) is 0 Å². The molecule has 1 aliphatic heterocycles. The Balaban J connectivity index is 1.86. The topological polar surface area (TPSA) is 78.5 Å². The summed E-state index contributed by atoms with van der Waals surface area (Å²) in [6.45, 7) is 4.21. The van der Waals surface area contributed by atoms with E-state index in [0.29, 0.717) is 18.1 Å². The van der Waals surface area contributed by atoms with Gasteiger partial charge in [0.1, 0.15) is 22.9 Å². The molecule has 2 N–H and O–H groups in total. The van der Waals surface area contributed by atoms with Gasteiger partial charge in [-0.05, 0) is 44.4 Å². The van der Waals surface area contributed by atoms with Gasteiger partial charge in [-0.2, -0.15) is 0 Å². The lowest BCUT2D eigenvalue weighted by Gasteiger charge is -2.36. The lowest BCUT2D eigenvalue weighted by Crippen LogP contribution is -2.48. The number of likely N-dealkylation sites (tertiary alicyclic amines) is 1. The van der Waals surface area contributed by atoms with Gasteiger partial charge < -0.3 is 19.7 Å². The predicted octanol–water partition coefficient (Wildman–Crippen LogP) is 2.24. The van der Waals surface area contributed by atoms with Crippen LogP contribution in [0.15, 0.2) is 30.5 Å². The number of aryl methyl sites for hydroxylation is 1. The van der Waals surface area contributed by atoms with E-state index in [0.717, 1.165) is 24.2 Å². The van der Waals surface area contributed by atoms with Gasteiger partial charge in [-0.15, -0.1) is 0 Å². The van der Waals surface area contributed by atoms with Crippen LogP contribution < -0.4 is 4.74 Å². The molecule has 0 spiro atoms. The number of ether oxygens (including phenoxy) is 1. The van der Waals surface area contributed by atoms with Gasteiger partial charge in [-0.3, -0.25) is 4.79 Å². The van der Waals surface area contributed by atoms with E-state index in [1.807, 2.05) is 31.2 Å². The molecule has 1 fully saturated rings. The molecule has 24 heavy (non-hydrogen) atoms. The molecule has 3 rings (SSSR count).